The molecule has 2 amide bonds. The summed E-state index contributed by atoms with van der Waals surface area (Å²) in [7, 11) is 0. The predicted molar refractivity (Wildman–Crippen MR) is 90.3 cm³/mol. The highest BCUT2D eigenvalue weighted by Gasteiger charge is 2.28. The van der Waals surface area contributed by atoms with Gasteiger partial charge in [0, 0.05) is 4.88 Å². The third kappa shape index (κ3) is 3.57. The van der Waals surface area contributed by atoms with Crippen molar-refractivity contribution in [1.29, 1.82) is 0 Å². The number of nitrogens with two attached hydrogens (primary N) is 1. The fourth-order valence-corrected chi connectivity index (χ4v) is 4.95. The average Bonchev–Trinajstić information content (AvgIpc) is 3.07. The zero-order chi connectivity index (χ0) is 16.4. The lowest BCUT2D eigenvalue weighted by Gasteiger charge is -2.28. The van der Waals surface area contributed by atoms with Crippen LogP contribution >= 0.6 is 11.3 Å². The van der Waals surface area contributed by atoms with Gasteiger partial charge in [-0.3, -0.25) is 9.59 Å². The van der Waals surface area contributed by atoms with Crippen molar-refractivity contribution >= 4 is 28.2 Å². The summed E-state index contributed by atoms with van der Waals surface area (Å²) in [6, 6.07) is 0. The molecule has 0 aromatic carbocycles. The van der Waals surface area contributed by atoms with Gasteiger partial charge < -0.3 is 20.9 Å². The Morgan fingerprint density at radius 2 is 1.87 bits per heavy atom. The first-order chi connectivity index (χ1) is 11.1. The van der Waals surface area contributed by atoms with E-state index in [1.807, 2.05) is 0 Å². The maximum Gasteiger partial charge on any atom is 0.280 e. The molecular formula is C16H26N4O2S+2. The summed E-state index contributed by atoms with van der Waals surface area (Å²) in [6.45, 7) is 8.13. The molecule has 1 fully saturated rings. The number of rotatable bonds is 5. The minimum absolute atomic E-state index is 0.0117. The van der Waals surface area contributed by atoms with Crippen molar-refractivity contribution in [1.82, 2.24) is 0 Å². The van der Waals surface area contributed by atoms with Crippen LogP contribution in [-0.4, -0.2) is 51.1 Å². The third-order valence-corrected chi connectivity index (χ3v) is 6.20. The van der Waals surface area contributed by atoms with Gasteiger partial charge in [0.15, 0.2) is 6.54 Å². The highest BCUT2D eigenvalue weighted by atomic mass is 32.1. The second-order valence-corrected chi connectivity index (χ2v) is 7.61. The minimum Gasteiger partial charge on any atom is -0.365 e. The summed E-state index contributed by atoms with van der Waals surface area (Å²) in [5.74, 6) is -0.436. The summed E-state index contributed by atoms with van der Waals surface area (Å²) in [5, 5.41) is 3.60. The molecule has 3 rings (SSSR count). The zero-order valence-corrected chi connectivity index (χ0v) is 14.5. The quantitative estimate of drug-likeness (QED) is 0.505. The second kappa shape index (κ2) is 6.98. The number of carbonyl (C=O) groups excluding carboxylic acids is 2. The van der Waals surface area contributed by atoms with Crippen LogP contribution in [0.15, 0.2) is 0 Å². The molecule has 6 nitrogen and oxygen atoms in total. The van der Waals surface area contributed by atoms with Gasteiger partial charge in [-0.2, -0.15) is 0 Å². The molecule has 1 aromatic rings. The van der Waals surface area contributed by atoms with Crippen molar-refractivity contribution in [3.8, 4) is 0 Å². The SMILES string of the molecule is CC[NH+]1CC[NH+](CC(=O)Nc2sc3c(c2C(N)=O)CCC3)CC1. The van der Waals surface area contributed by atoms with Crippen LogP contribution < -0.4 is 20.9 Å². The monoisotopic (exact) mass is 338 g/mol. The van der Waals surface area contributed by atoms with Gasteiger partial charge in [-0.25, -0.2) is 0 Å². The lowest BCUT2D eigenvalue weighted by molar-refractivity contribution is -1.01. The van der Waals surface area contributed by atoms with Crippen LogP contribution in [0.2, 0.25) is 0 Å². The van der Waals surface area contributed by atoms with Crippen LogP contribution in [0.5, 0.6) is 0 Å². The smallest absolute Gasteiger partial charge is 0.280 e. The number of anilines is 1. The Bertz CT molecular complexity index is 605. The number of carbonyl (C=O) groups is 2. The number of piperazine rings is 1. The lowest BCUT2D eigenvalue weighted by Crippen LogP contribution is -3.28. The Morgan fingerprint density at radius 3 is 2.52 bits per heavy atom. The van der Waals surface area contributed by atoms with Gasteiger partial charge in [0.25, 0.3) is 11.8 Å². The van der Waals surface area contributed by atoms with Gasteiger partial charge in [0.05, 0.1) is 12.1 Å². The Hall–Kier alpha value is -1.44. The molecular weight excluding hydrogens is 312 g/mol. The topological polar surface area (TPSA) is 81.1 Å². The van der Waals surface area contributed by atoms with Crippen LogP contribution in [0.25, 0.3) is 0 Å². The number of quaternary nitrogens is 2. The van der Waals surface area contributed by atoms with Crippen molar-refractivity contribution in [2.45, 2.75) is 26.2 Å². The Labute approximate surface area is 140 Å². The molecule has 0 spiro atoms. The van der Waals surface area contributed by atoms with E-state index in [0.717, 1.165) is 57.5 Å². The van der Waals surface area contributed by atoms with E-state index in [1.54, 1.807) is 4.90 Å². The molecule has 2 heterocycles. The maximum atomic E-state index is 12.3. The fourth-order valence-electron chi connectivity index (χ4n) is 3.64. The molecule has 1 aliphatic heterocycles. The molecule has 1 aliphatic carbocycles. The predicted octanol–water partition coefficient (Wildman–Crippen LogP) is -1.92. The van der Waals surface area contributed by atoms with E-state index < -0.39 is 5.91 Å². The van der Waals surface area contributed by atoms with E-state index in [4.69, 9.17) is 5.73 Å². The van der Waals surface area contributed by atoms with Gasteiger partial charge in [-0.05, 0) is 31.7 Å². The summed E-state index contributed by atoms with van der Waals surface area (Å²) < 4.78 is 0. The molecule has 5 N–H and O–H groups in total. The molecule has 2 aliphatic rings. The minimum atomic E-state index is -0.424. The Morgan fingerprint density at radius 1 is 1.17 bits per heavy atom. The number of likely N-dealkylation sites (N-methyl/N-ethyl adjacent to an activating group) is 1. The van der Waals surface area contributed by atoms with Gasteiger partial charge >= 0.3 is 0 Å². The average molecular weight is 338 g/mol. The number of hydrogen-bond donors (Lipinski definition) is 4. The number of hydrogen-bond acceptors (Lipinski definition) is 3. The molecule has 126 valence electrons. The molecule has 23 heavy (non-hydrogen) atoms. The Balaban J connectivity index is 1.61. The van der Waals surface area contributed by atoms with Crippen molar-refractivity contribution in [3.63, 3.8) is 0 Å². The van der Waals surface area contributed by atoms with Crippen LogP contribution in [0.3, 0.4) is 0 Å². The van der Waals surface area contributed by atoms with E-state index in [0.29, 0.717) is 17.1 Å². The maximum absolute atomic E-state index is 12.3. The third-order valence-electron chi connectivity index (χ3n) is 5.00. The van der Waals surface area contributed by atoms with Crippen LogP contribution in [-0.2, 0) is 17.6 Å². The van der Waals surface area contributed by atoms with Crippen LogP contribution in [0.1, 0.15) is 34.1 Å². The summed E-state index contributed by atoms with van der Waals surface area (Å²) in [5.41, 5.74) is 7.14. The van der Waals surface area contributed by atoms with Gasteiger partial charge in [-0.1, -0.05) is 0 Å². The van der Waals surface area contributed by atoms with Crippen LogP contribution in [0, 0.1) is 0 Å². The van der Waals surface area contributed by atoms with E-state index in [-0.39, 0.29) is 5.91 Å². The first-order valence-electron chi connectivity index (χ1n) is 8.49. The number of amides is 2. The standard InChI is InChI=1S/C16H24N4O2S/c1-2-19-6-8-20(9-7-19)10-13(21)18-16-14(15(17)22)11-4-3-5-12(11)23-16/h2-10H2,1H3,(H2,17,22)(H,18,21)/p+2. The number of thiophene rings is 1. The molecule has 1 aromatic heterocycles. The molecule has 0 atom stereocenters. The lowest BCUT2D eigenvalue weighted by atomic mass is 10.1. The molecule has 1 saturated heterocycles. The first kappa shape index (κ1) is 16.4. The highest BCUT2D eigenvalue weighted by Crippen LogP contribution is 2.38. The highest BCUT2D eigenvalue weighted by molar-refractivity contribution is 7.17. The molecule has 0 bridgehead atoms. The number of fused-ring (bicyclic) bond motifs is 1. The fraction of sp³-hybridized carbons (Fsp3) is 0.625. The van der Waals surface area contributed by atoms with E-state index in [9.17, 15) is 9.59 Å². The summed E-state index contributed by atoms with van der Waals surface area (Å²) >= 11 is 1.53. The van der Waals surface area contributed by atoms with Gasteiger partial charge in [0.1, 0.15) is 31.2 Å². The summed E-state index contributed by atoms with van der Waals surface area (Å²) in [4.78, 5) is 28.2. The van der Waals surface area contributed by atoms with Crippen molar-refractivity contribution in [3.05, 3.63) is 16.0 Å². The summed E-state index contributed by atoms with van der Waals surface area (Å²) in [6.07, 6.45) is 2.96. The van der Waals surface area contributed by atoms with E-state index in [1.165, 1.54) is 21.1 Å². The van der Waals surface area contributed by atoms with Crippen LogP contribution in [0.4, 0.5) is 5.00 Å². The molecule has 0 unspecified atom stereocenters. The number of primary amides is 1. The first-order valence-corrected chi connectivity index (χ1v) is 9.31. The molecule has 7 heteroatoms. The zero-order valence-electron chi connectivity index (χ0n) is 13.7. The molecule has 0 saturated carbocycles. The van der Waals surface area contributed by atoms with E-state index >= 15 is 0 Å². The Kier molecular flexibility index (Phi) is 4.99. The number of nitrogens with one attached hydrogen (secondary N) is 3. The second-order valence-electron chi connectivity index (χ2n) is 6.50. The van der Waals surface area contributed by atoms with Crippen molar-refractivity contribution in [2.75, 3.05) is 44.6 Å². The van der Waals surface area contributed by atoms with Crippen molar-refractivity contribution < 1.29 is 19.4 Å². The largest absolute Gasteiger partial charge is 0.365 e. The molecule has 0 radical (unpaired) electrons. The number of aryl methyl sites for hydroxylation is 1. The van der Waals surface area contributed by atoms with Gasteiger partial charge in [0.2, 0.25) is 0 Å². The van der Waals surface area contributed by atoms with Gasteiger partial charge in [-0.15, -0.1) is 11.3 Å². The van der Waals surface area contributed by atoms with E-state index in [2.05, 4.69) is 12.2 Å². The van der Waals surface area contributed by atoms with Crippen molar-refractivity contribution in [2.24, 2.45) is 5.73 Å². The normalized spacial score (nSPS) is 23.5.